The minimum atomic E-state index is -0.410. The van der Waals surface area contributed by atoms with Gasteiger partial charge in [0.1, 0.15) is 5.60 Å². The Morgan fingerprint density at radius 3 is 2.82 bits per heavy atom. The highest BCUT2D eigenvalue weighted by atomic mass is 16.6. The number of ether oxygens (including phenoxy) is 1. The topological polar surface area (TPSA) is 41.6 Å². The van der Waals surface area contributed by atoms with Crippen LogP contribution >= 0.6 is 0 Å². The number of alkyl carbamates (subject to hydrolysis) is 1. The van der Waals surface area contributed by atoms with Crippen molar-refractivity contribution < 1.29 is 9.53 Å². The van der Waals surface area contributed by atoms with Gasteiger partial charge in [0.25, 0.3) is 0 Å². The maximum absolute atomic E-state index is 11.8. The normalized spacial score (nSPS) is 32.1. The third-order valence-corrected chi connectivity index (χ3v) is 3.51. The number of hydrogen-bond acceptors (Lipinski definition) is 3. The number of hydrogen-bond donors (Lipinski definition) is 1. The van der Waals surface area contributed by atoms with Gasteiger partial charge in [-0.1, -0.05) is 6.92 Å². The second-order valence-corrected chi connectivity index (χ2v) is 6.42. The maximum atomic E-state index is 11.8. The fourth-order valence-electron chi connectivity index (χ4n) is 2.78. The molecule has 2 fully saturated rings. The monoisotopic (exact) mass is 240 g/mol. The van der Waals surface area contributed by atoms with E-state index in [2.05, 4.69) is 17.1 Å². The number of carbonyl (C=O) groups excluding carboxylic acids is 1. The van der Waals surface area contributed by atoms with E-state index in [1.54, 1.807) is 0 Å². The van der Waals surface area contributed by atoms with Gasteiger partial charge in [0.05, 0.1) is 5.54 Å². The molecule has 1 amide bonds. The zero-order valence-corrected chi connectivity index (χ0v) is 11.4. The van der Waals surface area contributed by atoms with Crippen molar-refractivity contribution in [3.63, 3.8) is 0 Å². The zero-order chi connectivity index (χ0) is 12.7. The molecule has 1 saturated carbocycles. The third-order valence-electron chi connectivity index (χ3n) is 3.51. The summed E-state index contributed by atoms with van der Waals surface area (Å²) in [6, 6.07) is 0. The van der Waals surface area contributed by atoms with E-state index >= 15 is 0 Å². The van der Waals surface area contributed by atoms with Crippen molar-refractivity contribution in [3.8, 4) is 0 Å². The molecule has 98 valence electrons. The molecule has 1 heterocycles. The molecule has 1 N–H and O–H groups in total. The highest BCUT2D eigenvalue weighted by molar-refractivity contribution is 5.70. The lowest BCUT2D eigenvalue weighted by molar-refractivity contribution is 0.0492. The Morgan fingerprint density at radius 2 is 2.24 bits per heavy atom. The van der Waals surface area contributed by atoms with Crippen LogP contribution in [-0.4, -0.2) is 41.8 Å². The average Bonchev–Trinajstić information content (AvgIpc) is 2.64. The second-order valence-electron chi connectivity index (χ2n) is 6.42. The van der Waals surface area contributed by atoms with Crippen LogP contribution in [0.15, 0.2) is 0 Å². The lowest BCUT2D eigenvalue weighted by Gasteiger charge is -2.24. The second kappa shape index (κ2) is 4.16. The number of amides is 1. The summed E-state index contributed by atoms with van der Waals surface area (Å²) in [6.45, 7) is 11.1. The number of fused-ring (bicyclic) bond motifs is 1. The quantitative estimate of drug-likeness (QED) is 0.820. The molecule has 4 nitrogen and oxygen atoms in total. The van der Waals surface area contributed by atoms with Crippen molar-refractivity contribution in [2.45, 2.75) is 51.7 Å². The van der Waals surface area contributed by atoms with Crippen LogP contribution in [0.25, 0.3) is 0 Å². The van der Waals surface area contributed by atoms with Gasteiger partial charge in [-0.05, 0) is 46.1 Å². The van der Waals surface area contributed by atoms with Gasteiger partial charge < -0.3 is 15.0 Å². The number of carbonyl (C=O) groups is 1. The Morgan fingerprint density at radius 1 is 1.53 bits per heavy atom. The first-order valence-corrected chi connectivity index (χ1v) is 6.58. The minimum Gasteiger partial charge on any atom is -0.444 e. The average molecular weight is 240 g/mol. The van der Waals surface area contributed by atoms with Gasteiger partial charge in [-0.3, -0.25) is 0 Å². The van der Waals surface area contributed by atoms with Crippen LogP contribution < -0.4 is 5.32 Å². The number of rotatable bonds is 3. The molecule has 0 spiro atoms. The van der Waals surface area contributed by atoms with Crippen molar-refractivity contribution in [2.24, 2.45) is 5.92 Å². The Labute approximate surface area is 104 Å². The van der Waals surface area contributed by atoms with Gasteiger partial charge in [-0.15, -0.1) is 0 Å². The molecule has 2 unspecified atom stereocenters. The third kappa shape index (κ3) is 2.92. The molecule has 2 aliphatic rings. The number of piperidine rings is 1. The summed E-state index contributed by atoms with van der Waals surface area (Å²) < 4.78 is 5.32. The van der Waals surface area contributed by atoms with E-state index < -0.39 is 5.60 Å². The summed E-state index contributed by atoms with van der Waals surface area (Å²) in [4.78, 5) is 14.2. The van der Waals surface area contributed by atoms with E-state index in [1.807, 2.05) is 20.8 Å². The number of nitrogens with zero attached hydrogens (tertiary/aromatic N) is 1. The molecule has 4 heteroatoms. The van der Waals surface area contributed by atoms with E-state index in [-0.39, 0.29) is 11.6 Å². The van der Waals surface area contributed by atoms with E-state index in [0.717, 1.165) is 26.1 Å². The highest BCUT2D eigenvalue weighted by Gasteiger charge is 2.60. The minimum absolute atomic E-state index is 0.0253. The number of nitrogens with one attached hydrogen (secondary N) is 1. The molecular formula is C13H24N2O2. The smallest absolute Gasteiger partial charge is 0.408 e. The largest absolute Gasteiger partial charge is 0.444 e. The van der Waals surface area contributed by atoms with Crippen LogP contribution in [-0.2, 0) is 4.74 Å². The Kier molecular flexibility index (Phi) is 3.10. The molecule has 17 heavy (non-hydrogen) atoms. The van der Waals surface area contributed by atoms with Gasteiger partial charge in [-0.25, -0.2) is 4.79 Å². The van der Waals surface area contributed by atoms with E-state index in [1.165, 1.54) is 6.42 Å². The summed E-state index contributed by atoms with van der Waals surface area (Å²) in [5, 5.41) is 3.07. The molecule has 1 saturated heterocycles. The first-order valence-electron chi connectivity index (χ1n) is 6.58. The van der Waals surface area contributed by atoms with Crippen LogP contribution in [0.1, 0.15) is 40.5 Å². The molecule has 0 aromatic carbocycles. The lowest BCUT2D eigenvalue weighted by atomic mass is 10.2. The van der Waals surface area contributed by atoms with Crippen LogP contribution in [0.4, 0.5) is 4.79 Å². The van der Waals surface area contributed by atoms with Crippen LogP contribution in [0.3, 0.4) is 0 Å². The fourth-order valence-corrected chi connectivity index (χ4v) is 2.78. The summed E-state index contributed by atoms with van der Waals surface area (Å²) in [6.07, 6.45) is 2.03. The van der Waals surface area contributed by atoms with E-state index in [0.29, 0.717) is 5.92 Å². The molecule has 0 bridgehead atoms. The first kappa shape index (κ1) is 12.7. The predicted molar refractivity (Wildman–Crippen MR) is 66.9 cm³/mol. The molecular weight excluding hydrogens is 216 g/mol. The molecule has 0 aromatic heterocycles. The lowest BCUT2D eigenvalue weighted by Crippen LogP contribution is -2.44. The SMILES string of the molecule is CCCN1CC2CC2(NC(=O)OC(C)(C)C)C1. The molecule has 2 atom stereocenters. The summed E-state index contributed by atoms with van der Waals surface area (Å²) in [5.74, 6) is 0.640. The van der Waals surface area contributed by atoms with Gasteiger partial charge in [-0.2, -0.15) is 0 Å². The van der Waals surface area contributed by atoms with Crippen molar-refractivity contribution >= 4 is 6.09 Å². The Balaban J connectivity index is 1.83. The fraction of sp³-hybridized carbons (Fsp3) is 0.923. The summed E-state index contributed by atoms with van der Waals surface area (Å²) in [7, 11) is 0. The van der Waals surface area contributed by atoms with Crippen LogP contribution in [0.2, 0.25) is 0 Å². The van der Waals surface area contributed by atoms with Gasteiger partial charge >= 0.3 is 6.09 Å². The summed E-state index contributed by atoms with van der Waals surface area (Å²) in [5.41, 5.74) is -0.385. The Bertz CT molecular complexity index is 311. The van der Waals surface area contributed by atoms with E-state index in [4.69, 9.17) is 4.74 Å². The van der Waals surface area contributed by atoms with Gasteiger partial charge in [0.15, 0.2) is 0 Å². The van der Waals surface area contributed by atoms with Crippen molar-refractivity contribution in [2.75, 3.05) is 19.6 Å². The molecule has 1 aliphatic carbocycles. The van der Waals surface area contributed by atoms with Gasteiger partial charge in [0.2, 0.25) is 0 Å². The van der Waals surface area contributed by atoms with Crippen molar-refractivity contribution in [1.82, 2.24) is 10.2 Å². The maximum Gasteiger partial charge on any atom is 0.408 e. The molecule has 0 radical (unpaired) electrons. The van der Waals surface area contributed by atoms with E-state index in [9.17, 15) is 4.79 Å². The molecule has 1 aliphatic heterocycles. The predicted octanol–water partition coefficient (Wildman–Crippen LogP) is 2.00. The summed E-state index contributed by atoms with van der Waals surface area (Å²) >= 11 is 0. The van der Waals surface area contributed by atoms with Crippen LogP contribution in [0, 0.1) is 5.92 Å². The van der Waals surface area contributed by atoms with Gasteiger partial charge in [0, 0.05) is 13.1 Å². The van der Waals surface area contributed by atoms with Crippen molar-refractivity contribution in [1.29, 1.82) is 0 Å². The van der Waals surface area contributed by atoms with Crippen molar-refractivity contribution in [3.05, 3.63) is 0 Å². The zero-order valence-electron chi connectivity index (χ0n) is 11.4. The Hall–Kier alpha value is -0.770. The first-order chi connectivity index (χ1) is 7.85. The molecule has 0 aromatic rings. The number of likely N-dealkylation sites (tertiary alicyclic amines) is 1. The molecule has 2 rings (SSSR count). The highest BCUT2D eigenvalue weighted by Crippen LogP contribution is 2.49. The van der Waals surface area contributed by atoms with Crippen LogP contribution in [0.5, 0.6) is 0 Å². The standard InChI is InChI=1S/C13H24N2O2/c1-5-6-15-8-10-7-13(10,9-15)14-11(16)17-12(2,3)4/h10H,5-9H2,1-4H3,(H,14,16).